The van der Waals surface area contributed by atoms with Gasteiger partial charge in [-0.2, -0.15) is 0 Å². The molecular weight excluding hydrogens is 417 g/mol. The number of nitrogens with one attached hydrogen (secondary N) is 1. The molecule has 0 aliphatic carbocycles. The van der Waals surface area contributed by atoms with Crippen molar-refractivity contribution in [3.8, 4) is 5.75 Å². The number of benzene rings is 2. The molecule has 2 N–H and O–H groups in total. The van der Waals surface area contributed by atoms with Crippen LogP contribution < -0.4 is 10.1 Å². The van der Waals surface area contributed by atoms with Gasteiger partial charge < -0.3 is 15.2 Å². The van der Waals surface area contributed by atoms with Crippen LogP contribution in [0.15, 0.2) is 54.6 Å². The Morgan fingerprint density at radius 1 is 1.16 bits per heavy atom. The molecule has 0 fully saturated rings. The summed E-state index contributed by atoms with van der Waals surface area (Å²) in [7, 11) is 0. The second kappa shape index (κ2) is 7.96. The number of para-hydroxylation sites is 1. The Morgan fingerprint density at radius 2 is 1.91 bits per heavy atom. The monoisotopic (exact) mass is 444 g/mol. The van der Waals surface area contributed by atoms with E-state index < -0.39 is 23.2 Å². The number of aliphatic hydroxyl groups is 1. The van der Waals surface area contributed by atoms with Crippen molar-refractivity contribution in [3.05, 3.63) is 65.9 Å². The molecule has 1 aliphatic heterocycles. The first-order valence-corrected chi connectivity index (χ1v) is 10.7. The molecule has 1 aliphatic rings. The predicted molar refractivity (Wildman–Crippen MR) is 119 cm³/mol. The Hall–Kier alpha value is -2.80. The van der Waals surface area contributed by atoms with E-state index in [0.29, 0.717) is 16.7 Å². The SMILES string of the molecule is CCC1(C(F)(F)C(C)(O)C(F)Nc2cccc3nc(C)ccc23)CCOc2ccccc21. The van der Waals surface area contributed by atoms with Gasteiger partial charge in [0.15, 0.2) is 5.60 Å². The lowest BCUT2D eigenvalue weighted by molar-refractivity contribution is -0.240. The van der Waals surface area contributed by atoms with E-state index in [1.54, 1.807) is 61.5 Å². The van der Waals surface area contributed by atoms with Gasteiger partial charge in [0, 0.05) is 22.3 Å². The van der Waals surface area contributed by atoms with E-state index in [1.165, 1.54) is 0 Å². The topological polar surface area (TPSA) is 54.4 Å². The zero-order valence-electron chi connectivity index (χ0n) is 18.3. The highest BCUT2D eigenvalue weighted by Crippen LogP contribution is 2.55. The summed E-state index contributed by atoms with van der Waals surface area (Å²) < 4.78 is 53.4. The Labute approximate surface area is 185 Å². The van der Waals surface area contributed by atoms with Gasteiger partial charge in [-0.1, -0.05) is 31.2 Å². The quantitative estimate of drug-likeness (QED) is 0.474. The number of pyridine rings is 1. The molecule has 3 unspecified atom stereocenters. The number of fused-ring (bicyclic) bond motifs is 2. The Morgan fingerprint density at radius 3 is 2.66 bits per heavy atom. The Kier molecular flexibility index (Phi) is 5.57. The average Bonchev–Trinajstić information content (AvgIpc) is 2.78. The summed E-state index contributed by atoms with van der Waals surface area (Å²) in [6, 6.07) is 15.1. The highest BCUT2D eigenvalue weighted by atomic mass is 19.3. The molecule has 0 saturated heterocycles. The van der Waals surface area contributed by atoms with Gasteiger partial charge in [-0.3, -0.25) is 4.98 Å². The number of ether oxygens (including phenoxy) is 1. The van der Waals surface area contributed by atoms with Crippen LogP contribution >= 0.6 is 0 Å². The highest BCUT2D eigenvalue weighted by Gasteiger charge is 2.67. The minimum atomic E-state index is -3.81. The first-order valence-electron chi connectivity index (χ1n) is 10.7. The molecule has 1 aromatic heterocycles. The molecule has 0 radical (unpaired) electrons. The van der Waals surface area contributed by atoms with Crippen molar-refractivity contribution in [2.75, 3.05) is 11.9 Å². The van der Waals surface area contributed by atoms with Crippen LogP contribution in [0.4, 0.5) is 18.9 Å². The van der Waals surface area contributed by atoms with E-state index in [9.17, 15) is 5.11 Å². The first-order chi connectivity index (χ1) is 15.1. The summed E-state index contributed by atoms with van der Waals surface area (Å²) in [4.78, 5) is 4.39. The van der Waals surface area contributed by atoms with Crippen LogP contribution in [-0.2, 0) is 5.41 Å². The molecule has 2 heterocycles. The maximum Gasteiger partial charge on any atom is 0.290 e. The van der Waals surface area contributed by atoms with Crippen LogP contribution in [0, 0.1) is 6.92 Å². The molecule has 7 heteroatoms. The number of aromatic nitrogens is 1. The molecule has 0 bridgehead atoms. The molecule has 0 saturated carbocycles. The maximum atomic E-state index is 16.1. The molecule has 3 aromatic rings. The lowest BCUT2D eigenvalue weighted by Crippen LogP contribution is -2.65. The molecule has 3 atom stereocenters. The zero-order chi connectivity index (χ0) is 23.1. The van der Waals surface area contributed by atoms with Crippen LogP contribution in [0.1, 0.15) is 37.9 Å². The fourth-order valence-corrected chi connectivity index (χ4v) is 4.68. The Balaban J connectivity index is 1.72. The van der Waals surface area contributed by atoms with Crippen molar-refractivity contribution in [1.29, 1.82) is 0 Å². The predicted octanol–water partition coefficient (Wildman–Crippen LogP) is 5.77. The molecule has 0 spiro atoms. The largest absolute Gasteiger partial charge is 0.493 e. The first kappa shape index (κ1) is 22.4. The number of nitrogens with zero attached hydrogens (tertiary/aromatic N) is 1. The smallest absolute Gasteiger partial charge is 0.290 e. The van der Waals surface area contributed by atoms with Crippen molar-refractivity contribution in [1.82, 2.24) is 4.98 Å². The summed E-state index contributed by atoms with van der Waals surface area (Å²) in [6.07, 6.45) is -2.46. The fourth-order valence-electron chi connectivity index (χ4n) is 4.68. The van der Waals surface area contributed by atoms with Gasteiger partial charge in [0.2, 0.25) is 6.30 Å². The summed E-state index contributed by atoms with van der Waals surface area (Å²) >= 11 is 0. The van der Waals surface area contributed by atoms with E-state index in [1.807, 2.05) is 6.92 Å². The highest BCUT2D eigenvalue weighted by molar-refractivity contribution is 5.91. The summed E-state index contributed by atoms with van der Waals surface area (Å²) in [5, 5.41) is 14.1. The van der Waals surface area contributed by atoms with Crippen LogP contribution in [0.3, 0.4) is 0 Å². The Bertz CT molecular complexity index is 1140. The van der Waals surface area contributed by atoms with Crippen molar-refractivity contribution in [2.24, 2.45) is 0 Å². The van der Waals surface area contributed by atoms with Gasteiger partial charge in [0.05, 0.1) is 17.5 Å². The minimum Gasteiger partial charge on any atom is -0.493 e. The van der Waals surface area contributed by atoms with E-state index in [0.717, 1.165) is 12.6 Å². The molecule has 0 amide bonds. The van der Waals surface area contributed by atoms with Crippen LogP contribution in [0.5, 0.6) is 5.75 Å². The van der Waals surface area contributed by atoms with E-state index in [-0.39, 0.29) is 30.7 Å². The number of hydrogen-bond donors (Lipinski definition) is 2. The number of aryl methyl sites for hydroxylation is 1. The van der Waals surface area contributed by atoms with Gasteiger partial charge >= 0.3 is 0 Å². The minimum absolute atomic E-state index is 0.0146. The standard InChI is InChI=1S/C25H27F3N2O2/c1-4-24(14-15-32-21-11-6-5-8-18(21)24)25(27,28)23(3,31)22(26)30-20-10-7-9-19-17(20)13-12-16(2)29-19/h5-13,22,30-31H,4,14-15H2,1-3H3. The number of anilines is 1. The third-order valence-electron chi connectivity index (χ3n) is 6.68. The number of alkyl halides is 3. The number of hydrogen-bond acceptors (Lipinski definition) is 4. The van der Waals surface area contributed by atoms with E-state index in [4.69, 9.17) is 4.74 Å². The van der Waals surface area contributed by atoms with E-state index >= 15 is 13.2 Å². The van der Waals surface area contributed by atoms with Gasteiger partial charge in [-0.05, 0) is 57.0 Å². The molecule has 32 heavy (non-hydrogen) atoms. The average molecular weight is 444 g/mol. The van der Waals surface area contributed by atoms with Crippen LogP contribution in [0.2, 0.25) is 0 Å². The van der Waals surface area contributed by atoms with Crippen molar-refractivity contribution in [2.45, 2.75) is 56.8 Å². The second-order valence-corrected chi connectivity index (χ2v) is 8.58. The lowest BCUT2D eigenvalue weighted by atomic mass is 9.64. The molecule has 4 rings (SSSR count). The summed E-state index contributed by atoms with van der Waals surface area (Å²) in [5.74, 6) is -3.46. The van der Waals surface area contributed by atoms with Crippen LogP contribution in [0.25, 0.3) is 10.9 Å². The molecular formula is C25H27F3N2O2. The summed E-state index contributed by atoms with van der Waals surface area (Å²) in [6.45, 7) is 4.38. The zero-order valence-corrected chi connectivity index (χ0v) is 18.3. The van der Waals surface area contributed by atoms with Crippen molar-refractivity contribution >= 4 is 16.6 Å². The van der Waals surface area contributed by atoms with Gasteiger partial charge in [-0.25, -0.2) is 13.2 Å². The normalized spacial score (nSPS) is 21.3. The molecule has 4 nitrogen and oxygen atoms in total. The summed E-state index contributed by atoms with van der Waals surface area (Å²) in [5.41, 5.74) is -2.81. The second-order valence-electron chi connectivity index (χ2n) is 8.58. The number of rotatable bonds is 6. The van der Waals surface area contributed by atoms with Gasteiger partial charge in [0.25, 0.3) is 5.92 Å². The maximum absolute atomic E-state index is 16.1. The third-order valence-corrected chi connectivity index (χ3v) is 6.68. The third kappa shape index (κ3) is 3.30. The lowest BCUT2D eigenvalue weighted by Gasteiger charge is -2.49. The van der Waals surface area contributed by atoms with Crippen molar-refractivity contribution < 1.29 is 23.0 Å². The van der Waals surface area contributed by atoms with Crippen LogP contribution in [-0.4, -0.2) is 34.5 Å². The van der Waals surface area contributed by atoms with Gasteiger partial charge in [0.1, 0.15) is 5.75 Å². The molecule has 170 valence electrons. The number of halogens is 3. The van der Waals surface area contributed by atoms with E-state index in [2.05, 4.69) is 10.3 Å². The van der Waals surface area contributed by atoms with Gasteiger partial charge in [-0.15, -0.1) is 0 Å². The molecule has 2 aromatic carbocycles. The fraction of sp³-hybridized carbons (Fsp3) is 0.400. The van der Waals surface area contributed by atoms with Crippen molar-refractivity contribution in [3.63, 3.8) is 0 Å².